The highest BCUT2D eigenvalue weighted by Gasteiger charge is 2.50. The molecule has 0 saturated carbocycles. The lowest BCUT2D eigenvalue weighted by atomic mass is 9.71. The van der Waals surface area contributed by atoms with Gasteiger partial charge in [-0.05, 0) is 44.1 Å². The van der Waals surface area contributed by atoms with Crippen LogP contribution in [0.2, 0.25) is 0 Å². The standard InChI is InChI=1S/C29H25F3N2O7S/c1-14(2)41-27(38)22(25(36)29(30,31)32)18-13-20(15-7-4-5-8-16(15)24(18)35)34-42(39,40)21-11-10-19-23-17(26(37)33-19)9-6-12-28(21,23)3/h4-11,13-14,22,34-35H,12H2,1-3H3,(H,33,37). The van der Waals surface area contributed by atoms with E-state index in [1.54, 1.807) is 19.1 Å². The first-order chi connectivity index (χ1) is 19.6. The zero-order chi connectivity index (χ0) is 30.8. The van der Waals surface area contributed by atoms with E-state index in [-0.39, 0.29) is 33.7 Å². The number of Topliss-reactive ketones (excluding diaryl/α,β-unsaturated/α-hetero) is 1. The number of ketones is 1. The number of carbonyl (C=O) groups is 3. The number of esters is 1. The number of benzene rings is 2. The monoisotopic (exact) mass is 602 g/mol. The van der Waals surface area contributed by atoms with E-state index >= 15 is 0 Å². The number of aromatic hydroxyl groups is 1. The minimum atomic E-state index is -5.48. The molecule has 3 aliphatic rings. The molecular formula is C29H25F3N2O7S. The number of phenols is 1. The molecule has 2 unspecified atom stereocenters. The predicted molar refractivity (Wildman–Crippen MR) is 146 cm³/mol. The van der Waals surface area contributed by atoms with E-state index in [9.17, 15) is 41.1 Å². The van der Waals surface area contributed by atoms with Gasteiger partial charge in [-0.1, -0.05) is 43.3 Å². The molecule has 1 heterocycles. The predicted octanol–water partition coefficient (Wildman–Crippen LogP) is 4.63. The topological polar surface area (TPSA) is 139 Å². The molecule has 13 heteroatoms. The second kappa shape index (κ2) is 9.86. The lowest BCUT2D eigenvalue weighted by molar-refractivity contribution is -0.178. The quantitative estimate of drug-likeness (QED) is 0.239. The number of ether oxygens (including phenoxy) is 1. The minimum absolute atomic E-state index is 0.0942. The molecule has 2 aromatic carbocycles. The van der Waals surface area contributed by atoms with Crippen molar-refractivity contribution in [3.8, 4) is 5.75 Å². The summed E-state index contributed by atoms with van der Waals surface area (Å²) in [4.78, 5) is 37.6. The van der Waals surface area contributed by atoms with E-state index in [0.29, 0.717) is 16.8 Å². The Kier molecular flexibility index (Phi) is 6.84. The van der Waals surface area contributed by atoms with Crippen molar-refractivity contribution in [2.75, 3.05) is 4.72 Å². The van der Waals surface area contributed by atoms with Crippen LogP contribution in [0.4, 0.5) is 18.9 Å². The summed E-state index contributed by atoms with van der Waals surface area (Å²) in [5, 5.41) is 13.7. The summed E-state index contributed by atoms with van der Waals surface area (Å²) < 4.78 is 76.1. The Bertz CT molecular complexity index is 1800. The molecule has 42 heavy (non-hydrogen) atoms. The molecule has 1 amide bonds. The van der Waals surface area contributed by atoms with Crippen molar-refractivity contribution in [2.24, 2.45) is 5.41 Å². The van der Waals surface area contributed by atoms with Gasteiger partial charge in [0.2, 0.25) is 0 Å². The number of sulfonamides is 1. The molecule has 220 valence electrons. The third-order valence-corrected chi connectivity index (χ3v) is 9.01. The van der Waals surface area contributed by atoms with E-state index in [1.807, 2.05) is 0 Å². The van der Waals surface area contributed by atoms with Crippen molar-refractivity contribution in [1.82, 2.24) is 5.32 Å². The van der Waals surface area contributed by atoms with E-state index < -0.39 is 56.7 Å². The Labute approximate surface area is 238 Å². The highest BCUT2D eigenvalue weighted by Crippen LogP contribution is 2.52. The smallest absolute Gasteiger partial charge is 0.451 e. The van der Waals surface area contributed by atoms with Gasteiger partial charge in [-0.3, -0.25) is 19.1 Å². The third-order valence-electron chi connectivity index (χ3n) is 7.36. The number of rotatable bonds is 7. The molecule has 0 aromatic heterocycles. The molecule has 0 saturated heterocycles. The van der Waals surface area contributed by atoms with Crippen LogP contribution in [0, 0.1) is 5.41 Å². The van der Waals surface area contributed by atoms with Gasteiger partial charge in [0.15, 0.2) is 5.92 Å². The van der Waals surface area contributed by atoms with E-state index in [0.717, 1.165) is 6.07 Å². The largest absolute Gasteiger partial charge is 0.507 e. The lowest BCUT2D eigenvalue weighted by Crippen LogP contribution is -2.36. The van der Waals surface area contributed by atoms with Gasteiger partial charge in [0.25, 0.3) is 21.7 Å². The number of hydrogen-bond acceptors (Lipinski definition) is 7. The van der Waals surface area contributed by atoms with Gasteiger partial charge in [-0.15, -0.1) is 0 Å². The molecule has 0 fully saturated rings. The highest BCUT2D eigenvalue weighted by molar-refractivity contribution is 7.96. The SMILES string of the molecule is CC(C)OC(=O)C(C(=O)C(F)(F)F)c1cc(NS(=O)(=O)C2=CC=C3NC(=O)C4=C3C2(C)CC=C4)c2ccccc2c1O. The van der Waals surface area contributed by atoms with Gasteiger partial charge in [0.05, 0.1) is 16.7 Å². The van der Waals surface area contributed by atoms with Gasteiger partial charge in [0, 0.05) is 33.0 Å². The Morgan fingerprint density at radius 1 is 1.14 bits per heavy atom. The zero-order valence-corrected chi connectivity index (χ0v) is 23.3. The molecule has 0 radical (unpaired) electrons. The molecule has 9 nitrogen and oxygen atoms in total. The summed E-state index contributed by atoms with van der Waals surface area (Å²) in [5.41, 5.74) is -0.926. The molecule has 2 aliphatic carbocycles. The average Bonchev–Trinajstić information content (AvgIpc) is 3.22. The summed E-state index contributed by atoms with van der Waals surface area (Å²) in [6.07, 6.45) is -0.0491. The molecule has 0 bridgehead atoms. The second-order valence-corrected chi connectivity index (χ2v) is 12.2. The fourth-order valence-corrected chi connectivity index (χ4v) is 7.18. The van der Waals surface area contributed by atoms with E-state index in [4.69, 9.17) is 4.74 Å². The molecule has 2 aromatic rings. The van der Waals surface area contributed by atoms with E-state index in [2.05, 4.69) is 10.0 Å². The van der Waals surface area contributed by atoms with Crippen LogP contribution in [0.3, 0.4) is 0 Å². The van der Waals surface area contributed by atoms with Crippen LogP contribution in [0.25, 0.3) is 10.8 Å². The number of nitrogens with one attached hydrogen (secondary N) is 2. The highest BCUT2D eigenvalue weighted by atomic mass is 32.2. The van der Waals surface area contributed by atoms with Gasteiger partial charge in [-0.25, -0.2) is 8.42 Å². The van der Waals surface area contributed by atoms with Crippen molar-refractivity contribution in [3.05, 3.63) is 81.9 Å². The first-order valence-electron chi connectivity index (χ1n) is 12.8. The number of hydrogen-bond donors (Lipinski definition) is 3. The molecule has 2 atom stereocenters. The van der Waals surface area contributed by atoms with Crippen LogP contribution in [-0.4, -0.2) is 43.5 Å². The number of phenolic OH excluding ortho intramolecular Hbond substituents is 1. The maximum Gasteiger partial charge on any atom is 0.451 e. The number of halogens is 3. The van der Waals surface area contributed by atoms with Gasteiger partial charge in [0.1, 0.15) is 5.75 Å². The Morgan fingerprint density at radius 2 is 1.81 bits per heavy atom. The maximum atomic E-state index is 14.0. The number of fused-ring (bicyclic) bond motifs is 1. The lowest BCUT2D eigenvalue weighted by Gasteiger charge is -2.37. The summed E-state index contributed by atoms with van der Waals surface area (Å²) in [7, 11) is -4.48. The van der Waals surface area contributed by atoms with Crippen LogP contribution in [0.5, 0.6) is 5.75 Å². The second-order valence-electron chi connectivity index (χ2n) is 10.6. The Morgan fingerprint density at radius 3 is 2.45 bits per heavy atom. The first-order valence-corrected chi connectivity index (χ1v) is 14.3. The van der Waals surface area contributed by atoms with E-state index in [1.165, 1.54) is 50.3 Å². The van der Waals surface area contributed by atoms with Crippen molar-refractivity contribution in [2.45, 2.75) is 45.4 Å². The van der Waals surface area contributed by atoms with Crippen LogP contribution in [-0.2, 0) is 29.1 Å². The number of amides is 1. The maximum absolute atomic E-state index is 14.0. The zero-order valence-electron chi connectivity index (χ0n) is 22.5. The normalized spacial score (nSPS) is 20.6. The first kappa shape index (κ1) is 29.1. The average molecular weight is 603 g/mol. The van der Waals surface area contributed by atoms with Crippen molar-refractivity contribution in [1.29, 1.82) is 0 Å². The Hall–Kier alpha value is -4.39. The van der Waals surface area contributed by atoms with Gasteiger partial charge >= 0.3 is 12.1 Å². The number of alkyl halides is 3. The van der Waals surface area contributed by atoms with Gasteiger partial charge in [-0.2, -0.15) is 13.2 Å². The fourth-order valence-electron chi connectivity index (χ4n) is 5.58. The summed E-state index contributed by atoms with van der Waals surface area (Å²) in [5.74, 6) is -7.85. The molecule has 5 rings (SSSR count). The van der Waals surface area contributed by atoms with Crippen molar-refractivity contribution >= 4 is 44.1 Å². The third kappa shape index (κ3) is 4.67. The summed E-state index contributed by atoms with van der Waals surface area (Å²) >= 11 is 0. The number of allylic oxidation sites excluding steroid dienone is 5. The number of carbonyl (C=O) groups excluding carboxylic acids is 3. The fraction of sp³-hybridized carbons (Fsp3) is 0.276. The molecule has 0 spiro atoms. The molecule has 3 N–H and O–H groups in total. The van der Waals surface area contributed by atoms with Crippen LogP contribution in [0.1, 0.15) is 38.7 Å². The number of anilines is 1. The van der Waals surface area contributed by atoms with Crippen LogP contribution >= 0.6 is 0 Å². The summed E-state index contributed by atoms with van der Waals surface area (Å²) in [6, 6.07) is 6.52. The summed E-state index contributed by atoms with van der Waals surface area (Å²) in [6.45, 7) is 4.41. The minimum Gasteiger partial charge on any atom is -0.507 e. The molecule has 1 aliphatic heterocycles. The molecular weight excluding hydrogens is 577 g/mol. The van der Waals surface area contributed by atoms with Crippen molar-refractivity contribution < 1.29 is 45.8 Å². The Balaban J connectivity index is 1.66. The van der Waals surface area contributed by atoms with Gasteiger partial charge < -0.3 is 15.2 Å². The van der Waals surface area contributed by atoms with Crippen molar-refractivity contribution in [3.63, 3.8) is 0 Å². The van der Waals surface area contributed by atoms with Crippen LogP contribution in [0.15, 0.2) is 76.4 Å². The van der Waals surface area contributed by atoms with Crippen LogP contribution < -0.4 is 10.0 Å².